The van der Waals surface area contributed by atoms with Crippen molar-refractivity contribution in [3.8, 4) is 11.5 Å². The molecule has 144 valence electrons. The van der Waals surface area contributed by atoms with Crippen molar-refractivity contribution in [2.24, 2.45) is 0 Å². The second-order valence-corrected chi connectivity index (χ2v) is 6.84. The fourth-order valence-electron chi connectivity index (χ4n) is 2.38. The van der Waals surface area contributed by atoms with Gasteiger partial charge in [0.25, 0.3) is 11.8 Å². The van der Waals surface area contributed by atoms with Gasteiger partial charge >= 0.3 is 0 Å². The molecule has 7 heteroatoms. The van der Waals surface area contributed by atoms with Crippen LogP contribution in [-0.4, -0.2) is 25.5 Å². The van der Waals surface area contributed by atoms with E-state index in [1.54, 1.807) is 24.3 Å². The number of hydrogen-bond acceptors (Lipinski definition) is 4. The molecule has 0 saturated carbocycles. The van der Waals surface area contributed by atoms with Gasteiger partial charge in [-0.1, -0.05) is 32.0 Å². The van der Waals surface area contributed by atoms with Crippen LogP contribution in [0.25, 0.3) is 0 Å². The Labute approximate surface area is 167 Å². The maximum Gasteiger partial charge on any atom is 0.276 e. The molecule has 2 rings (SSSR count). The van der Waals surface area contributed by atoms with Gasteiger partial charge in [0, 0.05) is 0 Å². The lowest BCUT2D eigenvalue weighted by Gasteiger charge is -2.13. The van der Waals surface area contributed by atoms with Gasteiger partial charge in [0.15, 0.2) is 6.61 Å². The number of nitrogens with one attached hydrogen (secondary N) is 2. The lowest BCUT2D eigenvalue weighted by Crippen LogP contribution is -2.43. The summed E-state index contributed by atoms with van der Waals surface area (Å²) in [7, 11) is 1.48. The number of ether oxygens (including phenoxy) is 2. The number of rotatable bonds is 7. The van der Waals surface area contributed by atoms with E-state index < -0.39 is 11.8 Å². The van der Waals surface area contributed by atoms with Crippen LogP contribution < -0.4 is 20.3 Å². The van der Waals surface area contributed by atoms with Crippen molar-refractivity contribution in [2.75, 3.05) is 13.7 Å². The van der Waals surface area contributed by atoms with Gasteiger partial charge in [0.05, 0.1) is 17.1 Å². The first-order valence-electron chi connectivity index (χ1n) is 8.60. The summed E-state index contributed by atoms with van der Waals surface area (Å²) in [5.41, 5.74) is 6.20. The smallest absolute Gasteiger partial charge is 0.276 e. The zero-order chi connectivity index (χ0) is 19.8. The predicted molar refractivity (Wildman–Crippen MR) is 107 cm³/mol. The molecule has 0 aliphatic heterocycles. The van der Waals surface area contributed by atoms with Crippen LogP contribution in [0.15, 0.2) is 46.9 Å². The Morgan fingerprint density at radius 1 is 1.11 bits per heavy atom. The number of benzene rings is 2. The number of amides is 2. The molecule has 1 unspecified atom stereocenters. The SMILES string of the molecule is CCC(C)c1ccc(OCC(=O)NNC(=O)c2ccccc2OC)c(Br)c1. The van der Waals surface area contributed by atoms with Gasteiger partial charge in [-0.15, -0.1) is 0 Å². The van der Waals surface area contributed by atoms with Crippen LogP contribution in [0.5, 0.6) is 11.5 Å². The quantitative estimate of drug-likeness (QED) is 0.649. The topological polar surface area (TPSA) is 76.7 Å². The summed E-state index contributed by atoms with van der Waals surface area (Å²) in [6.07, 6.45) is 1.04. The van der Waals surface area contributed by atoms with Gasteiger partial charge in [-0.2, -0.15) is 0 Å². The minimum absolute atomic E-state index is 0.229. The average molecular weight is 435 g/mol. The van der Waals surface area contributed by atoms with E-state index in [0.29, 0.717) is 23.0 Å². The van der Waals surface area contributed by atoms with Crippen LogP contribution in [0.1, 0.15) is 42.1 Å². The molecule has 2 amide bonds. The van der Waals surface area contributed by atoms with Gasteiger partial charge in [0.2, 0.25) is 0 Å². The summed E-state index contributed by atoms with van der Waals surface area (Å²) >= 11 is 3.46. The van der Waals surface area contributed by atoms with Gasteiger partial charge in [-0.3, -0.25) is 20.4 Å². The number of hydrazine groups is 1. The van der Waals surface area contributed by atoms with Crippen molar-refractivity contribution >= 4 is 27.7 Å². The van der Waals surface area contributed by atoms with Crippen molar-refractivity contribution in [3.05, 3.63) is 58.1 Å². The molecule has 27 heavy (non-hydrogen) atoms. The molecule has 0 aromatic heterocycles. The molecule has 2 aromatic carbocycles. The van der Waals surface area contributed by atoms with Crippen molar-refractivity contribution < 1.29 is 19.1 Å². The standard InChI is InChI=1S/C20H23BrN2O4/c1-4-13(2)14-9-10-18(16(21)11-14)27-12-19(24)22-23-20(25)15-7-5-6-8-17(15)26-3/h5-11,13H,4,12H2,1-3H3,(H,22,24)(H,23,25). The Bertz CT molecular complexity index is 810. The fourth-order valence-corrected chi connectivity index (χ4v) is 2.89. The molecule has 2 N–H and O–H groups in total. The summed E-state index contributed by atoms with van der Waals surface area (Å²) in [6.45, 7) is 4.06. The van der Waals surface area contributed by atoms with E-state index in [0.717, 1.165) is 10.9 Å². The van der Waals surface area contributed by atoms with E-state index in [9.17, 15) is 9.59 Å². The molecular formula is C20H23BrN2O4. The van der Waals surface area contributed by atoms with Crippen LogP contribution in [0.4, 0.5) is 0 Å². The Hall–Kier alpha value is -2.54. The van der Waals surface area contributed by atoms with E-state index >= 15 is 0 Å². The summed E-state index contributed by atoms with van der Waals surface area (Å²) in [5.74, 6) is 0.485. The molecule has 0 aliphatic carbocycles. The first kappa shape index (κ1) is 20.8. The van der Waals surface area contributed by atoms with Crippen molar-refractivity contribution in [3.63, 3.8) is 0 Å². The lowest BCUT2D eigenvalue weighted by molar-refractivity contribution is -0.123. The first-order valence-corrected chi connectivity index (χ1v) is 9.40. The Morgan fingerprint density at radius 2 is 1.85 bits per heavy atom. The highest BCUT2D eigenvalue weighted by Crippen LogP contribution is 2.30. The number of carbonyl (C=O) groups is 2. The maximum atomic E-state index is 12.1. The Kier molecular flexibility index (Phi) is 7.67. The van der Waals surface area contributed by atoms with E-state index in [1.807, 2.05) is 18.2 Å². The fraction of sp³-hybridized carbons (Fsp3) is 0.300. The highest BCUT2D eigenvalue weighted by Gasteiger charge is 2.13. The third kappa shape index (κ3) is 5.72. The highest BCUT2D eigenvalue weighted by molar-refractivity contribution is 9.10. The van der Waals surface area contributed by atoms with Crippen LogP contribution in [0.3, 0.4) is 0 Å². The highest BCUT2D eigenvalue weighted by atomic mass is 79.9. The Morgan fingerprint density at radius 3 is 2.52 bits per heavy atom. The summed E-state index contributed by atoms with van der Waals surface area (Å²) in [6, 6.07) is 12.5. The van der Waals surface area contributed by atoms with Crippen LogP contribution in [0.2, 0.25) is 0 Å². The molecule has 6 nitrogen and oxygen atoms in total. The number of carbonyl (C=O) groups excluding carboxylic acids is 2. The molecule has 0 bridgehead atoms. The average Bonchev–Trinajstić information content (AvgIpc) is 2.70. The van der Waals surface area contributed by atoms with E-state index in [2.05, 4.69) is 40.6 Å². The van der Waals surface area contributed by atoms with Crippen LogP contribution >= 0.6 is 15.9 Å². The summed E-state index contributed by atoms with van der Waals surface area (Å²) in [5, 5.41) is 0. The zero-order valence-corrected chi connectivity index (χ0v) is 17.1. The first-order chi connectivity index (χ1) is 13.0. The molecular weight excluding hydrogens is 412 g/mol. The van der Waals surface area contributed by atoms with E-state index in [1.165, 1.54) is 12.7 Å². The number of para-hydroxylation sites is 1. The summed E-state index contributed by atoms with van der Waals surface area (Å²) < 4.78 is 11.4. The lowest BCUT2D eigenvalue weighted by atomic mass is 9.99. The van der Waals surface area contributed by atoms with Crippen LogP contribution in [0, 0.1) is 0 Å². The normalized spacial score (nSPS) is 11.4. The minimum Gasteiger partial charge on any atom is -0.496 e. The molecule has 2 aromatic rings. The summed E-state index contributed by atoms with van der Waals surface area (Å²) in [4.78, 5) is 24.1. The molecule has 0 heterocycles. The monoisotopic (exact) mass is 434 g/mol. The van der Waals surface area contributed by atoms with Crippen molar-refractivity contribution in [1.29, 1.82) is 0 Å². The molecule has 0 aliphatic rings. The van der Waals surface area contributed by atoms with Crippen LogP contribution in [-0.2, 0) is 4.79 Å². The largest absolute Gasteiger partial charge is 0.496 e. The predicted octanol–water partition coefficient (Wildman–Crippen LogP) is 3.81. The van der Waals surface area contributed by atoms with E-state index in [4.69, 9.17) is 9.47 Å². The number of hydrogen-bond donors (Lipinski definition) is 2. The minimum atomic E-state index is -0.476. The van der Waals surface area contributed by atoms with Gasteiger partial charge in [-0.05, 0) is 58.1 Å². The Balaban J connectivity index is 1.87. The van der Waals surface area contributed by atoms with Gasteiger partial charge in [0.1, 0.15) is 11.5 Å². The van der Waals surface area contributed by atoms with E-state index in [-0.39, 0.29) is 6.61 Å². The molecule has 1 atom stereocenters. The number of methoxy groups -OCH3 is 1. The number of halogens is 1. The van der Waals surface area contributed by atoms with Gasteiger partial charge < -0.3 is 9.47 Å². The second-order valence-electron chi connectivity index (χ2n) is 5.99. The third-order valence-electron chi connectivity index (χ3n) is 4.16. The molecule has 0 fully saturated rings. The third-order valence-corrected chi connectivity index (χ3v) is 4.78. The molecule has 0 radical (unpaired) electrons. The maximum absolute atomic E-state index is 12.1. The second kappa shape index (κ2) is 9.97. The zero-order valence-electron chi connectivity index (χ0n) is 15.5. The van der Waals surface area contributed by atoms with Gasteiger partial charge in [-0.25, -0.2) is 0 Å². The molecule has 0 saturated heterocycles. The molecule has 0 spiro atoms. The van der Waals surface area contributed by atoms with Crippen molar-refractivity contribution in [2.45, 2.75) is 26.2 Å². The van der Waals surface area contributed by atoms with Crippen molar-refractivity contribution in [1.82, 2.24) is 10.9 Å².